The van der Waals surface area contributed by atoms with Gasteiger partial charge >= 0.3 is 0 Å². The number of hydrogen-bond acceptors (Lipinski definition) is 2. The van der Waals surface area contributed by atoms with Gasteiger partial charge in [-0.3, -0.25) is 0 Å². The number of benzene rings is 1. The first-order valence-corrected chi connectivity index (χ1v) is 16.9. The molecule has 0 bridgehead atoms. The van der Waals surface area contributed by atoms with Crippen LogP contribution in [0, 0.1) is 47.1 Å². The van der Waals surface area contributed by atoms with E-state index < -0.39 is 11.6 Å². The highest BCUT2D eigenvalue weighted by Gasteiger charge is 2.37. The van der Waals surface area contributed by atoms with Crippen molar-refractivity contribution in [3.8, 4) is 5.75 Å². The Morgan fingerprint density at radius 3 is 1.85 bits per heavy atom. The van der Waals surface area contributed by atoms with Crippen LogP contribution in [0.4, 0.5) is 8.78 Å². The standard InChI is InChI=1S/C36H54F2O2/c1-3-5-6-7-25-8-10-26(11-9-25)27-12-14-28(15-13-27)29-16-18-30(19-17-29)33-22-20-31(24-40-33)32-21-23-34(39-4-2)36(38)35(32)37/h3,5,21,23,25-31,33H,4,6-20,22,24H2,1-2H3/b5-3+. The molecule has 40 heavy (non-hydrogen) atoms. The van der Waals surface area contributed by atoms with Gasteiger partial charge in [0.15, 0.2) is 11.6 Å². The number of allylic oxidation sites excluding steroid dienone is 2. The van der Waals surface area contributed by atoms with E-state index in [1.807, 2.05) is 0 Å². The average Bonchev–Trinajstić information content (AvgIpc) is 3.01. The van der Waals surface area contributed by atoms with Crippen molar-refractivity contribution in [2.75, 3.05) is 13.2 Å². The van der Waals surface area contributed by atoms with Crippen molar-refractivity contribution in [3.63, 3.8) is 0 Å². The summed E-state index contributed by atoms with van der Waals surface area (Å²) in [6.07, 6.45) is 26.4. The molecule has 4 aliphatic rings. The van der Waals surface area contributed by atoms with Crippen molar-refractivity contribution < 1.29 is 18.3 Å². The van der Waals surface area contributed by atoms with Gasteiger partial charge in [0.2, 0.25) is 5.82 Å². The number of ether oxygens (including phenoxy) is 2. The molecule has 1 aromatic carbocycles. The van der Waals surface area contributed by atoms with Crippen LogP contribution in [0.5, 0.6) is 5.75 Å². The molecule has 2 unspecified atom stereocenters. The molecule has 1 aromatic rings. The molecule has 4 fully saturated rings. The van der Waals surface area contributed by atoms with Gasteiger partial charge in [0, 0.05) is 5.92 Å². The predicted octanol–water partition coefficient (Wildman–Crippen LogP) is 10.4. The summed E-state index contributed by atoms with van der Waals surface area (Å²) in [5, 5.41) is 0. The summed E-state index contributed by atoms with van der Waals surface area (Å²) in [5.41, 5.74) is 0.441. The third-order valence-corrected chi connectivity index (χ3v) is 11.5. The lowest BCUT2D eigenvalue weighted by Gasteiger charge is -2.43. The highest BCUT2D eigenvalue weighted by atomic mass is 19.2. The zero-order valence-electron chi connectivity index (χ0n) is 25.2. The second-order valence-electron chi connectivity index (χ2n) is 13.6. The fourth-order valence-electron chi connectivity index (χ4n) is 9.04. The highest BCUT2D eigenvalue weighted by molar-refractivity contribution is 5.33. The Morgan fingerprint density at radius 1 is 0.750 bits per heavy atom. The van der Waals surface area contributed by atoms with Gasteiger partial charge in [-0.05, 0) is 151 Å². The van der Waals surface area contributed by atoms with Crippen LogP contribution in [-0.4, -0.2) is 19.3 Å². The summed E-state index contributed by atoms with van der Waals surface area (Å²) in [7, 11) is 0. The summed E-state index contributed by atoms with van der Waals surface area (Å²) < 4.78 is 40.7. The lowest BCUT2D eigenvalue weighted by atomic mass is 9.64. The lowest BCUT2D eigenvalue weighted by molar-refractivity contribution is -0.0471. The van der Waals surface area contributed by atoms with Crippen LogP contribution in [-0.2, 0) is 4.74 Å². The normalized spacial score (nSPS) is 35.6. The van der Waals surface area contributed by atoms with Gasteiger partial charge in [-0.2, -0.15) is 4.39 Å². The molecule has 0 aromatic heterocycles. The Morgan fingerprint density at radius 2 is 1.32 bits per heavy atom. The average molecular weight is 557 g/mol. The molecule has 0 spiro atoms. The predicted molar refractivity (Wildman–Crippen MR) is 160 cm³/mol. The Hall–Kier alpha value is -1.42. The van der Waals surface area contributed by atoms with E-state index in [0.29, 0.717) is 24.7 Å². The van der Waals surface area contributed by atoms with Gasteiger partial charge in [0.25, 0.3) is 0 Å². The molecule has 224 valence electrons. The molecule has 4 heteroatoms. The molecule has 1 aliphatic heterocycles. The summed E-state index contributed by atoms with van der Waals surface area (Å²) in [4.78, 5) is 0. The van der Waals surface area contributed by atoms with E-state index in [9.17, 15) is 8.78 Å². The highest BCUT2D eigenvalue weighted by Crippen LogP contribution is 2.47. The molecule has 3 aliphatic carbocycles. The molecule has 0 amide bonds. The summed E-state index contributed by atoms with van der Waals surface area (Å²) in [6, 6.07) is 3.26. The van der Waals surface area contributed by atoms with Crippen molar-refractivity contribution in [1.29, 1.82) is 0 Å². The van der Waals surface area contributed by atoms with E-state index in [2.05, 4.69) is 19.1 Å². The zero-order valence-corrected chi connectivity index (χ0v) is 25.2. The summed E-state index contributed by atoms with van der Waals surface area (Å²) in [5.74, 6) is 3.80. The third-order valence-electron chi connectivity index (χ3n) is 11.5. The van der Waals surface area contributed by atoms with Crippen molar-refractivity contribution in [1.82, 2.24) is 0 Å². The van der Waals surface area contributed by atoms with Gasteiger partial charge in [-0.25, -0.2) is 4.39 Å². The van der Waals surface area contributed by atoms with E-state index in [1.54, 1.807) is 19.1 Å². The summed E-state index contributed by atoms with van der Waals surface area (Å²) in [6.45, 7) is 4.74. The second-order valence-corrected chi connectivity index (χ2v) is 13.6. The van der Waals surface area contributed by atoms with Crippen LogP contribution in [0.2, 0.25) is 0 Å². The monoisotopic (exact) mass is 556 g/mol. The maximum Gasteiger partial charge on any atom is 0.200 e. The largest absolute Gasteiger partial charge is 0.491 e. The first-order valence-electron chi connectivity index (χ1n) is 16.9. The van der Waals surface area contributed by atoms with Crippen LogP contribution in [0.1, 0.15) is 128 Å². The van der Waals surface area contributed by atoms with E-state index in [0.717, 1.165) is 42.4 Å². The minimum atomic E-state index is -0.864. The minimum absolute atomic E-state index is 0.00179. The van der Waals surface area contributed by atoms with Gasteiger partial charge in [0.1, 0.15) is 0 Å². The molecule has 1 heterocycles. The third kappa shape index (κ3) is 7.31. The lowest BCUT2D eigenvalue weighted by Crippen LogP contribution is -2.35. The number of hydrogen-bond donors (Lipinski definition) is 0. The van der Waals surface area contributed by atoms with Crippen LogP contribution in [0.25, 0.3) is 0 Å². The Kier molecular flexibility index (Phi) is 11.0. The Labute approximate surface area is 242 Å². The van der Waals surface area contributed by atoms with Gasteiger partial charge in [-0.15, -0.1) is 0 Å². The molecular formula is C36H54F2O2. The molecule has 2 atom stereocenters. The van der Waals surface area contributed by atoms with Gasteiger partial charge in [-0.1, -0.05) is 31.1 Å². The first-order chi connectivity index (χ1) is 19.6. The Bertz CT molecular complexity index is 928. The topological polar surface area (TPSA) is 18.5 Å². The minimum Gasteiger partial charge on any atom is -0.491 e. The summed E-state index contributed by atoms with van der Waals surface area (Å²) >= 11 is 0. The SMILES string of the molecule is C/C=C/CCC1CCC(C2CCC(C3CCC(C4CCC(c5ccc(OCC)c(F)c5F)CO4)CC3)CC2)CC1. The molecule has 1 saturated heterocycles. The van der Waals surface area contributed by atoms with E-state index >= 15 is 0 Å². The van der Waals surface area contributed by atoms with Crippen LogP contribution in [0.15, 0.2) is 24.3 Å². The fraction of sp³-hybridized carbons (Fsp3) is 0.778. The molecule has 2 nitrogen and oxygen atoms in total. The van der Waals surface area contributed by atoms with Gasteiger partial charge < -0.3 is 9.47 Å². The van der Waals surface area contributed by atoms with Crippen molar-refractivity contribution in [2.24, 2.45) is 35.5 Å². The number of halogens is 2. The smallest absolute Gasteiger partial charge is 0.200 e. The molecule has 5 rings (SSSR count). The van der Waals surface area contributed by atoms with E-state index in [-0.39, 0.29) is 17.8 Å². The van der Waals surface area contributed by atoms with Gasteiger partial charge in [0.05, 0.1) is 19.3 Å². The molecule has 0 radical (unpaired) electrons. The maximum absolute atomic E-state index is 14.7. The molecule has 0 N–H and O–H groups in total. The number of rotatable bonds is 9. The van der Waals surface area contributed by atoms with Crippen LogP contribution in [0.3, 0.4) is 0 Å². The van der Waals surface area contributed by atoms with Crippen molar-refractivity contribution >= 4 is 0 Å². The quantitative estimate of drug-likeness (QED) is 0.282. The maximum atomic E-state index is 14.7. The van der Waals surface area contributed by atoms with Crippen LogP contribution >= 0.6 is 0 Å². The second kappa shape index (κ2) is 14.7. The zero-order chi connectivity index (χ0) is 27.9. The first kappa shape index (κ1) is 30.1. The van der Waals surface area contributed by atoms with Crippen molar-refractivity contribution in [2.45, 2.75) is 129 Å². The molecule has 3 saturated carbocycles. The molecular weight excluding hydrogens is 502 g/mol. The van der Waals surface area contributed by atoms with E-state index in [4.69, 9.17) is 9.47 Å². The Balaban J connectivity index is 1.01. The van der Waals surface area contributed by atoms with Crippen LogP contribution < -0.4 is 4.74 Å². The van der Waals surface area contributed by atoms with Crippen molar-refractivity contribution in [3.05, 3.63) is 41.5 Å². The fourth-order valence-corrected chi connectivity index (χ4v) is 9.04. The van der Waals surface area contributed by atoms with E-state index in [1.165, 1.54) is 89.9 Å².